The number of nitriles is 1. The van der Waals surface area contributed by atoms with Gasteiger partial charge >= 0.3 is 0 Å². The third kappa shape index (κ3) is 2.26. The maximum absolute atomic E-state index is 8.74. The summed E-state index contributed by atoms with van der Waals surface area (Å²) in [6, 6.07) is 3.69. The van der Waals surface area contributed by atoms with E-state index in [4.69, 9.17) is 16.9 Å². The molecule has 0 fully saturated rings. The maximum atomic E-state index is 8.74. The first kappa shape index (κ1) is 11.5. The molecule has 1 aromatic heterocycles. The Hall–Kier alpha value is -0.590. The molecule has 4 heteroatoms. The third-order valence-electron chi connectivity index (χ3n) is 1.76. The van der Waals surface area contributed by atoms with Gasteiger partial charge in [-0.1, -0.05) is 32.4 Å². The van der Waals surface area contributed by atoms with Crippen LogP contribution < -0.4 is 0 Å². The van der Waals surface area contributed by atoms with Crippen molar-refractivity contribution in [1.82, 2.24) is 4.98 Å². The zero-order valence-electron chi connectivity index (χ0n) is 8.23. The quantitative estimate of drug-likeness (QED) is 0.676. The molecule has 0 aromatic carbocycles. The molecule has 0 unspecified atom stereocenters. The van der Waals surface area contributed by atoms with Gasteiger partial charge in [-0.05, 0) is 22.0 Å². The van der Waals surface area contributed by atoms with Crippen LogP contribution in [0.3, 0.4) is 0 Å². The Morgan fingerprint density at radius 1 is 1.50 bits per heavy atom. The average molecular weight is 274 g/mol. The fourth-order valence-corrected chi connectivity index (χ4v) is 2.16. The molecule has 0 N–H and O–H groups in total. The summed E-state index contributed by atoms with van der Waals surface area (Å²) in [6.07, 6.45) is 0. The molecule has 0 aliphatic heterocycles. The molecule has 0 atom stereocenters. The van der Waals surface area contributed by atoms with Crippen LogP contribution >= 0.6 is 27.5 Å². The van der Waals surface area contributed by atoms with Crippen LogP contribution in [0.15, 0.2) is 10.5 Å². The molecular formula is C10H10BrClN2. The Balaban J connectivity index is 3.38. The second-order valence-electron chi connectivity index (χ2n) is 4.02. The Kier molecular flexibility index (Phi) is 3.18. The van der Waals surface area contributed by atoms with Crippen LogP contribution in [-0.2, 0) is 5.41 Å². The van der Waals surface area contributed by atoms with Gasteiger partial charge in [-0.25, -0.2) is 4.98 Å². The molecule has 14 heavy (non-hydrogen) atoms. The van der Waals surface area contributed by atoms with Gasteiger partial charge in [-0.2, -0.15) is 5.26 Å². The van der Waals surface area contributed by atoms with Crippen molar-refractivity contribution in [2.24, 2.45) is 0 Å². The lowest BCUT2D eigenvalue weighted by Crippen LogP contribution is -2.14. The normalized spacial score (nSPS) is 11.1. The van der Waals surface area contributed by atoms with E-state index in [1.165, 1.54) is 0 Å². The topological polar surface area (TPSA) is 36.7 Å². The molecule has 1 aromatic rings. The third-order valence-corrected chi connectivity index (χ3v) is 2.65. The van der Waals surface area contributed by atoms with Crippen LogP contribution in [0.4, 0.5) is 0 Å². The second kappa shape index (κ2) is 3.88. The molecule has 74 valence electrons. The number of rotatable bonds is 0. The lowest BCUT2D eigenvalue weighted by molar-refractivity contribution is 0.565. The van der Waals surface area contributed by atoms with Gasteiger partial charge in [0.1, 0.15) is 11.2 Å². The van der Waals surface area contributed by atoms with Crippen molar-refractivity contribution in [2.45, 2.75) is 26.2 Å². The van der Waals surface area contributed by atoms with Crippen molar-refractivity contribution >= 4 is 27.5 Å². The van der Waals surface area contributed by atoms with E-state index in [1.54, 1.807) is 6.07 Å². The summed E-state index contributed by atoms with van der Waals surface area (Å²) in [5.74, 6) is 0. The smallest absolute Gasteiger partial charge is 0.147 e. The van der Waals surface area contributed by atoms with Crippen LogP contribution in [0.1, 0.15) is 32.0 Å². The molecule has 1 heterocycles. The van der Waals surface area contributed by atoms with Gasteiger partial charge < -0.3 is 0 Å². The van der Waals surface area contributed by atoms with Crippen molar-refractivity contribution in [1.29, 1.82) is 5.26 Å². The predicted octanol–water partition coefficient (Wildman–Crippen LogP) is 3.67. The van der Waals surface area contributed by atoms with Crippen LogP contribution in [-0.4, -0.2) is 4.98 Å². The summed E-state index contributed by atoms with van der Waals surface area (Å²) in [7, 11) is 0. The predicted molar refractivity (Wildman–Crippen MR) is 60.4 cm³/mol. The highest BCUT2D eigenvalue weighted by Crippen LogP contribution is 2.30. The first-order valence-corrected chi connectivity index (χ1v) is 5.30. The van der Waals surface area contributed by atoms with E-state index in [0.717, 1.165) is 10.2 Å². The number of nitrogens with zero attached hydrogens (tertiary/aromatic N) is 2. The fraction of sp³-hybridized carbons (Fsp3) is 0.400. The molecular weight excluding hydrogens is 263 g/mol. The van der Waals surface area contributed by atoms with Gasteiger partial charge in [0, 0.05) is 9.89 Å². The summed E-state index contributed by atoms with van der Waals surface area (Å²) in [4.78, 5) is 4.21. The second-order valence-corrected chi connectivity index (χ2v) is 5.23. The average Bonchev–Trinajstić information content (AvgIpc) is 2.06. The van der Waals surface area contributed by atoms with Crippen LogP contribution in [0.2, 0.25) is 5.15 Å². The number of pyridine rings is 1. The first-order chi connectivity index (χ1) is 6.36. The first-order valence-electron chi connectivity index (χ1n) is 4.13. The van der Waals surface area contributed by atoms with Gasteiger partial charge in [-0.15, -0.1) is 0 Å². The number of halogens is 2. The molecule has 0 bridgehead atoms. The number of hydrogen-bond acceptors (Lipinski definition) is 2. The molecule has 0 amide bonds. The summed E-state index contributed by atoms with van der Waals surface area (Å²) in [5, 5.41) is 9.01. The number of hydrogen-bond donors (Lipinski definition) is 0. The highest BCUT2D eigenvalue weighted by Gasteiger charge is 2.20. The van der Waals surface area contributed by atoms with Crippen LogP contribution in [0.5, 0.6) is 0 Å². The van der Waals surface area contributed by atoms with E-state index in [2.05, 4.69) is 20.9 Å². The molecule has 0 spiro atoms. The molecule has 0 aliphatic rings. The van der Waals surface area contributed by atoms with Crippen molar-refractivity contribution in [2.75, 3.05) is 0 Å². The summed E-state index contributed by atoms with van der Waals surface area (Å²) >= 11 is 9.24. The summed E-state index contributed by atoms with van der Waals surface area (Å²) in [6.45, 7) is 6.13. The highest BCUT2D eigenvalue weighted by molar-refractivity contribution is 9.10. The highest BCUT2D eigenvalue weighted by atomic mass is 79.9. The van der Waals surface area contributed by atoms with Crippen LogP contribution in [0.25, 0.3) is 0 Å². The van der Waals surface area contributed by atoms with Crippen LogP contribution in [0, 0.1) is 11.3 Å². The van der Waals surface area contributed by atoms with Crippen molar-refractivity contribution in [3.63, 3.8) is 0 Å². The molecule has 1 rings (SSSR count). The van der Waals surface area contributed by atoms with E-state index in [-0.39, 0.29) is 10.6 Å². The Bertz CT molecular complexity index is 402. The zero-order valence-corrected chi connectivity index (χ0v) is 10.6. The van der Waals surface area contributed by atoms with Crippen molar-refractivity contribution in [3.05, 3.63) is 26.9 Å². The Morgan fingerprint density at radius 2 is 2.07 bits per heavy atom. The fourth-order valence-electron chi connectivity index (χ4n) is 1.07. The monoisotopic (exact) mass is 272 g/mol. The van der Waals surface area contributed by atoms with Gasteiger partial charge in [0.05, 0.1) is 11.3 Å². The van der Waals surface area contributed by atoms with E-state index in [0.29, 0.717) is 5.56 Å². The van der Waals surface area contributed by atoms with Gasteiger partial charge in [0.25, 0.3) is 0 Å². The van der Waals surface area contributed by atoms with E-state index < -0.39 is 0 Å². The summed E-state index contributed by atoms with van der Waals surface area (Å²) < 4.78 is 0.825. The maximum Gasteiger partial charge on any atom is 0.147 e. The van der Waals surface area contributed by atoms with Gasteiger partial charge in [0.15, 0.2) is 0 Å². The largest absolute Gasteiger partial charge is 0.238 e. The molecule has 0 saturated carbocycles. The van der Waals surface area contributed by atoms with Crippen molar-refractivity contribution in [3.8, 4) is 6.07 Å². The lowest BCUT2D eigenvalue weighted by Gasteiger charge is -2.19. The molecule has 0 aliphatic carbocycles. The number of aromatic nitrogens is 1. The van der Waals surface area contributed by atoms with Gasteiger partial charge in [0.2, 0.25) is 0 Å². The standard InChI is InChI=1S/C10H10BrClN2/c1-10(2,3)8-7(11)4-6(5-13)9(12)14-8/h4H,1-3H3. The Labute approximate surface area is 97.0 Å². The molecule has 0 radical (unpaired) electrons. The van der Waals surface area contributed by atoms with E-state index in [1.807, 2.05) is 26.8 Å². The van der Waals surface area contributed by atoms with E-state index in [9.17, 15) is 0 Å². The van der Waals surface area contributed by atoms with E-state index >= 15 is 0 Å². The summed E-state index contributed by atoms with van der Waals surface area (Å²) in [5.41, 5.74) is 1.17. The minimum Gasteiger partial charge on any atom is -0.238 e. The lowest BCUT2D eigenvalue weighted by atomic mass is 9.91. The minimum atomic E-state index is -0.0868. The molecule has 0 saturated heterocycles. The molecule has 2 nitrogen and oxygen atoms in total. The minimum absolute atomic E-state index is 0.0868. The SMILES string of the molecule is CC(C)(C)c1nc(Cl)c(C#N)cc1Br. The zero-order chi connectivity index (χ0) is 10.9. The van der Waals surface area contributed by atoms with Crippen molar-refractivity contribution < 1.29 is 0 Å². The Morgan fingerprint density at radius 3 is 2.50 bits per heavy atom. The van der Waals surface area contributed by atoms with Gasteiger partial charge in [-0.3, -0.25) is 0 Å².